The number of aliphatic hydroxyl groups excluding tert-OH is 2. The molecule has 0 bridgehead atoms. The molecule has 1 saturated heterocycles. The van der Waals surface area contributed by atoms with Crippen LogP contribution in [-0.4, -0.2) is 53.6 Å². The number of aliphatic hydroxyl groups is 2. The van der Waals surface area contributed by atoms with Gasteiger partial charge in [0.15, 0.2) is 22.4 Å². The van der Waals surface area contributed by atoms with Gasteiger partial charge in [-0.05, 0) is 6.92 Å². The number of fused-ring (bicyclic) bond motifs is 1. The van der Waals surface area contributed by atoms with E-state index in [0.29, 0.717) is 11.2 Å². The molecule has 2 aromatic heterocycles. The van der Waals surface area contributed by atoms with E-state index in [2.05, 4.69) is 20.9 Å². The summed E-state index contributed by atoms with van der Waals surface area (Å²) in [7, 11) is 0. The van der Waals surface area contributed by atoms with Gasteiger partial charge in [-0.1, -0.05) is 18.1 Å². The van der Waals surface area contributed by atoms with Crippen LogP contribution in [0.5, 0.6) is 0 Å². The second-order valence-electron chi connectivity index (χ2n) is 5.49. The van der Waals surface area contributed by atoms with Crippen molar-refractivity contribution >= 4 is 29.3 Å². The first-order chi connectivity index (χ1) is 10.8. The average molecular weight is 336 g/mol. The Balaban J connectivity index is 2.18. The van der Waals surface area contributed by atoms with E-state index >= 15 is 0 Å². The van der Waals surface area contributed by atoms with Crippen LogP contribution >= 0.6 is 12.2 Å². The van der Waals surface area contributed by atoms with Crippen molar-refractivity contribution in [3.05, 3.63) is 11.0 Å². The third-order valence-corrected chi connectivity index (χ3v) is 4.22. The van der Waals surface area contributed by atoms with E-state index in [1.165, 1.54) is 17.8 Å². The van der Waals surface area contributed by atoms with Crippen molar-refractivity contribution in [3.63, 3.8) is 0 Å². The molecule has 0 aliphatic carbocycles. The summed E-state index contributed by atoms with van der Waals surface area (Å²) < 4.78 is 7.42. The number of H-pyrrole nitrogens is 1. The van der Waals surface area contributed by atoms with Gasteiger partial charge >= 0.3 is 0 Å². The fourth-order valence-corrected chi connectivity index (χ4v) is 2.96. The van der Waals surface area contributed by atoms with Crippen LogP contribution in [0.2, 0.25) is 0 Å². The van der Waals surface area contributed by atoms with E-state index in [-0.39, 0.29) is 10.6 Å². The zero-order valence-electron chi connectivity index (χ0n) is 12.2. The molecule has 0 aromatic carbocycles. The molecule has 5 atom stereocenters. The largest absolute Gasteiger partial charge is 0.391 e. The lowest BCUT2D eigenvalue weighted by atomic mass is 9.90. The van der Waals surface area contributed by atoms with Crippen LogP contribution in [0.25, 0.3) is 11.2 Å². The van der Waals surface area contributed by atoms with Crippen LogP contribution < -0.4 is 11.5 Å². The Morgan fingerprint density at radius 1 is 1.65 bits per heavy atom. The van der Waals surface area contributed by atoms with Gasteiger partial charge in [0.25, 0.3) is 0 Å². The van der Waals surface area contributed by atoms with E-state index in [1.807, 2.05) is 0 Å². The Hall–Kier alpha value is -2.03. The monoisotopic (exact) mass is 336 g/mol. The number of hydrogen-bond donors (Lipinski definition) is 5. The quantitative estimate of drug-likeness (QED) is 0.348. The van der Waals surface area contributed by atoms with E-state index < -0.39 is 30.1 Å². The Kier molecular flexibility index (Phi) is 3.62. The highest BCUT2D eigenvalue weighted by Gasteiger charge is 2.55. The summed E-state index contributed by atoms with van der Waals surface area (Å²) in [5.74, 6) is 2.46. The normalized spacial score (nSPS) is 32.0. The van der Waals surface area contributed by atoms with Crippen molar-refractivity contribution in [3.8, 4) is 12.3 Å². The highest BCUT2D eigenvalue weighted by molar-refractivity contribution is 7.71. The molecule has 1 unspecified atom stereocenters. The number of aromatic amines is 1. The van der Waals surface area contributed by atoms with Crippen LogP contribution in [0.4, 0.5) is 5.95 Å². The Morgan fingerprint density at radius 3 is 2.96 bits per heavy atom. The molecule has 0 saturated carbocycles. The number of nitrogens with one attached hydrogen (secondary N) is 1. The molecule has 1 aliphatic heterocycles. The highest BCUT2D eigenvalue weighted by Crippen LogP contribution is 2.38. The van der Waals surface area contributed by atoms with Gasteiger partial charge in [0.05, 0.1) is 12.4 Å². The van der Waals surface area contributed by atoms with Gasteiger partial charge in [0, 0.05) is 0 Å². The lowest BCUT2D eigenvalue weighted by Crippen LogP contribution is -2.54. The number of nitrogen functional groups attached to an aromatic ring is 1. The molecule has 0 spiro atoms. The zero-order chi connectivity index (χ0) is 16.9. The minimum absolute atomic E-state index is 0.0956. The number of aromatic nitrogens is 4. The number of anilines is 1. The third kappa shape index (κ3) is 2.21. The summed E-state index contributed by atoms with van der Waals surface area (Å²) in [6.07, 6.45) is 2.79. The molecular weight excluding hydrogens is 320 g/mol. The molecule has 0 radical (unpaired) electrons. The van der Waals surface area contributed by atoms with E-state index in [0.717, 1.165) is 0 Å². The molecule has 9 nitrogen and oxygen atoms in total. The average Bonchev–Trinajstić information content (AvgIpc) is 3.00. The standard InChI is InChI=1S/C13H16N6O3S/c1-3-13(15)8(21)7(5(2)20)22-11(13)19-4-16-6-9(19)17-12(14)18-10(6)23/h1,4-5,7-8,11,20-21H,15H2,2H3,(H3,14,17,18,23)/t5-,7+,8-,11+,13?/m0/s1. The Morgan fingerprint density at radius 2 is 2.35 bits per heavy atom. The van der Waals surface area contributed by atoms with Crippen LogP contribution in [0, 0.1) is 17.0 Å². The maximum absolute atomic E-state index is 10.4. The van der Waals surface area contributed by atoms with E-state index in [4.69, 9.17) is 34.8 Å². The van der Waals surface area contributed by atoms with Gasteiger partial charge in [-0.2, -0.15) is 0 Å². The van der Waals surface area contributed by atoms with Crippen molar-refractivity contribution < 1.29 is 14.9 Å². The summed E-state index contributed by atoms with van der Waals surface area (Å²) in [5.41, 5.74) is 11.1. The van der Waals surface area contributed by atoms with E-state index in [9.17, 15) is 10.2 Å². The molecule has 2 aromatic rings. The summed E-state index contributed by atoms with van der Waals surface area (Å²) in [4.78, 5) is 10.9. The number of rotatable bonds is 2. The van der Waals surface area contributed by atoms with Crippen molar-refractivity contribution in [2.24, 2.45) is 5.73 Å². The molecule has 1 fully saturated rings. The zero-order valence-corrected chi connectivity index (χ0v) is 13.0. The van der Waals surface area contributed by atoms with E-state index in [1.54, 1.807) is 0 Å². The van der Waals surface area contributed by atoms with Gasteiger partial charge in [0.1, 0.15) is 23.4 Å². The Labute approximate surface area is 136 Å². The molecule has 23 heavy (non-hydrogen) atoms. The summed E-state index contributed by atoms with van der Waals surface area (Å²) in [6.45, 7) is 1.48. The first kappa shape index (κ1) is 15.9. The molecule has 10 heteroatoms. The van der Waals surface area contributed by atoms with Crippen LogP contribution in [-0.2, 0) is 4.74 Å². The first-order valence-electron chi connectivity index (χ1n) is 6.80. The highest BCUT2D eigenvalue weighted by atomic mass is 32.1. The lowest BCUT2D eigenvalue weighted by molar-refractivity contribution is -0.0756. The minimum Gasteiger partial charge on any atom is -0.391 e. The summed E-state index contributed by atoms with van der Waals surface area (Å²) in [6, 6.07) is 0. The smallest absolute Gasteiger partial charge is 0.200 e. The van der Waals surface area contributed by atoms with Gasteiger partial charge in [-0.3, -0.25) is 4.57 Å². The number of imidazole rings is 1. The maximum atomic E-state index is 10.4. The molecule has 3 rings (SSSR count). The van der Waals surface area contributed by atoms with Crippen molar-refractivity contribution in [2.75, 3.05) is 5.73 Å². The van der Waals surface area contributed by atoms with Crippen molar-refractivity contribution in [1.29, 1.82) is 0 Å². The number of nitrogens with zero attached hydrogens (tertiary/aromatic N) is 3. The maximum Gasteiger partial charge on any atom is 0.200 e. The number of nitrogens with two attached hydrogens (primary N) is 2. The van der Waals surface area contributed by atoms with Crippen LogP contribution in [0.15, 0.2) is 6.33 Å². The molecular formula is C13H16N6O3S. The molecule has 1 aliphatic rings. The summed E-state index contributed by atoms with van der Waals surface area (Å²) >= 11 is 5.11. The molecule has 0 amide bonds. The minimum atomic E-state index is -1.57. The predicted molar refractivity (Wildman–Crippen MR) is 84.5 cm³/mol. The van der Waals surface area contributed by atoms with Crippen LogP contribution in [0.3, 0.4) is 0 Å². The van der Waals surface area contributed by atoms with Crippen LogP contribution in [0.1, 0.15) is 13.2 Å². The fraction of sp³-hybridized carbons (Fsp3) is 0.462. The van der Waals surface area contributed by atoms with Crippen molar-refractivity contribution in [1.82, 2.24) is 19.5 Å². The third-order valence-electron chi connectivity index (χ3n) is 3.94. The number of hydrogen-bond acceptors (Lipinski definition) is 8. The molecule has 7 N–H and O–H groups in total. The summed E-state index contributed by atoms with van der Waals surface area (Å²) in [5, 5.41) is 20.2. The second-order valence-corrected chi connectivity index (χ2v) is 5.88. The van der Waals surface area contributed by atoms with Gasteiger partial charge < -0.3 is 31.4 Å². The van der Waals surface area contributed by atoms with Gasteiger partial charge in [0.2, 0.25) is 0 Å². The topological polar surface area (TPSA) is 148 Å². The Bertz CT molecular complexity index is 855. The second kappa shape index (κ2) is 5.26. The predicted octanol–water partition coefficient (Wildman–Crippen LogP) is -0.959. The molecule has 3 heterocycles. The number of ether oxygens (including phenoxy) is 1. The fourth-order valence-electron chi connectivity index (χ4n) is 2.71. The van der Waals surface area contributed by atoms with Gasteiger partial charge in [-0.15, -0.1) is 6.42 Å². The number of terminal acetylenes is 1. The first-order valence-corrected chi connectivity index (χ1v) is 7.21. The molecule has 122 valence electrons. The SMILES string of the molecule is C#CC1(N)[C@@H](O)[C@@H]([C@H](C)O)O[C@H]1n1cnc2c(=S)nc(N)[nH]c21. The van der Waals surface area contributed by atoms with Crippen molar-refractivity contribution in [2.45, 2.75) is 37.0 Å². The lowest BCUT2D eigenvalue weighted by Gasteiger charge is -2.27. The van der Waals surface area contributed by atoms with Gasteiger partial charge in [-0.25, -0.2) is 9.97 Å².